The zero-order chi connectivity index (χ0) is 30.3. The number of fused-ring (bicyclic) bond motifs is 3. The zero-order valence-electron chi connectivity index (χ0n) is 20.6. The third kappa shape index (κ3) is 3.99. The topological polar surface area (TPSA) is 182 Å². The molecule has 0 bridgehead atoms. The van der Waals surface area contributed by atoms with Crippen LogP contribution in [-0.2, 0) is 9.59 Å². The summed E-state index contributed by atoms with van der Waals surface area (Å²) in [6.07, 6.45) is -8.13. The number of amides is 1. The summed E-state index contributed by atoms with van der Waals surface area (Å²) < 4.78 is 66.8. The number of aromatic hydroxyl groups is 1. The van der Waals surface area contributed by atoms with Crippen LogP contribution in [-0.4, -0.2) is 96.9 Å². The van der Waals surface area contributed by atoms with E-state index in [9.17, 15) is 61.9 Å². The van der Waals surface area contributed by atoms with Gasteiger partial charge in [0.1, 0.15) is 22.8 Å². The highest BCUT2D eigenvalue weighted by atomic mass is 32.2. The molecule has 7 N–H and O–H groups in total. The highest BCUT2D eigenvalue weighted by Crippen LogP contribution is 2.57. The first-order valence-corrected chi connectivity index (χ1v) is 12.5. The first-order chi connectivity index (χ1) is 18.3. The van der Waals surface area contributed by atoms with Gasteiger partial charge in [0.2, 0.25) is 5.78 Å². The summed E-state index contributed by atoms with van der Waals surface area (Å²) in [7, 11) is 2.57. The molecule has 218 valence electrons. The van der Waals surface area contributed by atoms with E-state index in [0.29, 0.717) is 0 Å². The standard InChI is InChI=1S/C24H23F5N2O8S/c1-31(2)15-14-17(34)11-8(6-40-24(28,29)23(25,26)27)7-4-3-5-9(32)10(7)16(33)12(11)19(36)22(14,39)20(37)13(18(15)35)21(30)38/h3-5,8,11,14-15,17,32,34-36,39H,6H2,1-2H3,(H2,30,38)/t8-,11-,14-,15+,17-,22+/m0/s1. The molecule has 1 aromatic rings. The van der Waals surface area contributed by atoms with Crippen LogP contribution >= 0.6 is 11.8 Å². The fraction of sp³-hybridized carbons (Fsp3) is 0.458. The number of benzene rings is 1. The molecule has 0 saturated heterocycles. The molecule has 3 aliphatic carbocycles. The number of likely N-dealkylation sites (N-methyl/N-ethyl adjacent to an activating group) is 1. The number of halogens is 5. The second-order valence-electron chi connectivity index (χ2n) is 9.94. The molecule has 0 aliphatic heterocycles. The number of aliphatic hydroxyl groups excluding tert-OH is 3. The molecule has 0 heterocycles. The molecule has 0 saturated carbocycles. The number of carbonyl (C=O) groups excluding carboxylic acids is 3. The molecule has 6 atom stereocenters. The molecule has 0 fully saturated rings. The number of hydrogen-bond acceptors (Lipinski definition) is 10. The Balaban J connectivity index is 2.01. The van der Waals surface area contributed by atoms with E-state index in [1.54, 1.807) is 0 Å². The quantitative estimate of drug-likeness (QED) is 0.216. The molecule has 1 amide bonds. The van der Waals surface area contributed by atoms with E-state index in [2.05, 4.69) is 0 Å². The number of nitrogens with two attached hydrogens (primary N) is 1. The third-order valence-electron chi connectivity index (χ3n) is 7.57. The van der Waals surface area contributed by atoms with E-state index in [1.807, 2.05) is 0 Å². The predicted molar refractivity (Wildman–Crippen MR) is 128 cm³/mol. The highest BCUT2D eigenvalue weighted by Gasteiger charge is 2.68. The van der Waals surface area contributed by atoms with E-state index < -0.39 is 116 Å². The Morgan fingerprint density at radius 1 is 1.12 bits per heavy atom. The van der Waals surface area contributed by atoms with Crippen molar-refractivity contribution in [2.45, 2.75) is 35.1 Å². The maximum atomic E-state index is 14.0. The number of ketones is 2. The molecule has 10 nitrogen and oxygen atoms in total. The van der Waals surface area contributed by atoms with Crippen LogP contribution in [0.25, 0.3) is 0 Å². The molecule has 0 aromatic heterocycles. The number of aliphatic hydroxyl groups is 4. The summed E-state index contributed by atoms with van der Waals surface area (Å²) in [6.45, 7) is 0. The summed E-state index contributed by atoms with van der Waals surface area (Å²) in [4.78, 5) is 40.0. The number of phenols is 1. The molecule has 0 radical (unpaired) electrons. The van der Waals surface area contributed by atoms with Gasteiger partial charge >= 0.3 is 11.4 Å². The predicted octanol–water partition coefficient (Wildman–Crippen LogP) is 1.52. The molecule has 0 unspecified atom stereocenters. The average molecular weight is 595 g/mol. The van der Waals surface area contributed by atoms with E-state index in [4.69, 9.17) is 5.73 Å². The van der Waals surface area contributed by atoms with Crippen LogP contribution in [0.4, 0.5) is 22.0 Å². The van der Waals surface area contributed by atoms with Crippen LogP contribution in [0.3, 0.4) is 0 Å². The molecular weight excluding hydrogens is 571 g/mol. The van der Waals surface area contributed by atoms with E-state index in [-0.39, 0.29) is 5.56 Å². The summed E-state index contributed by atoms with van der Waals surface area (Å²) >= 11 is -0.864. The van der Waals surface area contributed by atoms with Gasteiger partial charge < -0.3 is 31.3 Å². The monoisotopic (exact) mass is 594 g/mol. The second-order valence-corrected chi connectivity index (χ2v) is 11.1. The Labute approximate surface area is 226 Å². The van der Waals surface area contributed by atoms with E-state index >= 15 is 0 Å². The number of phenolic OH excluding ortho intramolecular Hbond substituents is 1. The van der Waals surface area contributed by atoms with Crippen LogP contribution in [0.15, 0.2) is 40.9 Å². The van der Waals surface area contributed by atoms with Crippen LogP contribution in [0.2, 0.25) is 0 Å². The molecule has 16 heteroatoms. The largest absolute Gasteiger partial charge is 0.510 e. The van der Waals surface area contributed by atoms with Crippen molar-refractivity contribution in [2.75, 3.05) is 19.8 Å². The van der Waals surface area contributed by atoms with Crippen molar-refractivity contribution in [3.05, 3.63) is 52.0 Å². The molecule has 0 spiro atoms. The lowest BCUT2D eigenvalue weighted by molar-refractivity contribution is -0.237. The van der Waals surface area contributed by atoms with Crippen molar-refractivity contribution in [1.29, 1.82) is 0 Å². The number of nitrogens with zero attached hydrogens (tertiary/aromatic N) is 1. The lowest BCUT2D eigenvalue weighted by Gasteiger charge is -2.53. The van der Waals surface area contributed by atoms with Crippen molar-refractivity contribution in [3.8, 4) is 5.75 Å². The minimum absolute atomic E-state index is 0.234. The van der Waals surface area contributed by atoms with Crippen molar-refractivity contribution in [2.24, 2.45) is 17.6 Å². The Bertz CT molecular complexity index is 1380. The van der Waals surface area contributed by atoms with Crippen LogP contribution in [0.5, 0.6) is 5.75 Å². The van der Waals surface area contributed by atoms with Gasteiger partial charge in [-0.2, -0.15) is 22.0 Å². The summed E-state index contributed by atoms with van der Waals surface area (Å²) in [6, 6.07) is 1.71. The summed E-state index contributed by atoms with van der Waals surface area (Å²) in [5.74, 6) is -14.1. The fourth-order valence-corrected chi connectivity index (χ4v) is 6.81. The summed E-state index contributed by atoms with van der Waals surface area (Å²) in [5.41, 5.74) is -0.966. The third-order valence-corrected chi connectivity index (χ3v) is 8.69. The maximum Gasteiger partial charge on any atom is 0.464 e. The van der Waals surface area contributed by atoms with Gasteiger partial charge in [-0.25, -0.2) is 0 Å². The molecule has 4 rings (SSSR count). The number of hydrogen-bond donors (Lipinski definition) is 6. The minimum atomic E-state index is -5.97. The number of rotatable bonds is 5. The minimum Gasteiger partial charge on any atom is -0.510 e. The number of Topliss-reactive ketones (excluding diaryl/α,β-unsaturated/α-hetero) is 2. The van der Waals surface area contributed by atoms with E-state index in [0.717, 1.165) is 17.0 Å². The molecule has 40 heavy (non-hydrogen) atoms. The Kier molecular flexibility index (Phi) is 7.01. The van der Waals surface area contributed by atoms with Gasteiger partial charge in [-0.15, -0.1) is 0 Å². The van der Waals surface area contributed by atoms with Gasteiger partial charge in [0, 0.05) is 23.2 Å². The zero-order valence-corrected chi connectivity index (χ0v) is 21.4. The van der Waals surface area contributed by atoms with Gasteiger partial charge in [-0.05, 0) is 25.7 Å². The first kappa shape index (κ1) is 29.8. The summed E-state index contributed by atoms with van der Waals surface area (Å²) in [5, 5.41) is 50.3. The number of thioether (sulfide) groups is 1. The van der Waals surface area contributed by atoms with Crippen molar-refractivity contribution >= 4 is 29.2 Å². The lowest BCUT2D eigenvalue weighted by atomic mass is 9.55. The van der Waals surface area contributed by atoms with Gasteiger partial charge in [0.15, 0.2) is 11.4 Å². The van der Waals surface area contributed by atoms with Gasteiger partial charge in [-0.1, -0.05) is 23.9 Å². The van der Waals surface area contributed by atoms with E-state index in [1.165, 1.54) is 20.2 Å². The SMILES string of the molecule is CN(C)[C@H]1C(O)=C(C(N)=O)C(=O)[C@]2(O)C(O)=C3C(=O)c4c(O)cccc4[C@H](CSC(F)(F)C(F)(F)F)[C@@H]3[C@H](O)[C@H]12. The Morgan fingerprint density at radius 3 is 2.25 bits per heavy atom. The Hall–Kier alpha value is -3.21. The molecule has 1 aromatic carbocycles. The van der Waals surface area contributed by atoms with Gasteiger partial charge in [0.25, 0.3) is 5.91 Å². The number of carbonyl (C=O) groups is 3. The highest BCUT2D eigenvalue weighted by molar-refractivity contribution is 8.00. The Morgan fingerprint density at radius 2 is 1.73 bits per heavy atom. The smallest absolute Gasteiger partial charge is 0.464 e. The average Bonchev–Trinajstić information content (AvgIpc) is 2.82. The van der Waals surface area contributed by atoms with Crippen LogP contribution in [0.1, 0.15) is 21.8 Å². The number of primary amides is 1. The molecule has 3 aliphatic rings. The van der Waals surface area contributed by atoms with Gasteiger partial charge in [-0.3, -0.25) is 19.3 Å². The molecular formula is C24H23F5N2O8S. The van der Waals surface area contributed by atoms with Crippen molar-refractivity contribution in [3.63, 3.8) is 0 Å². The lowest BCUT2D eigenvalue weighted by Crippen LogP contribution is -2.68. The van der Waals surface area contributed by atoms with Gasteiger partial charge in [0.05, 0.1) is 23.6 Å². The fourth-order valence-electron chi connectivity index (χ4n) is 5.88. The number of alkyl halides is 5. The first-order valence-electron chi connectivity index (χ1n) is 11.5. The van der Waals surface area contributed by atoms with Crippen molar-refractivity contribution in [1.82, 2.24) is 4.90 Å². The van der Waals surface area contributed by atoms with Crippen LogP contribution < -0.4 is 5.73 Å². The van der Waals surface area contributed by atoms with Crippen molar-refractivity contribution < 1.29 is 61.9 Å². The van der Waals surface area contributed by atoms with Crippen LogP contribution in [0, 0.1) is 11.8 Å². The normalized spacial score (nSPS) is 30.8. The second kappa shape index (κ2) is 9.43. The maximum absolute atomic E-state index is 14.0.